The molecule has 1 atom stereocenters. The van der Waals surface area contributed by atoms with E-state index in [1.165, 1.54) is 23.7 Å². The van der Waals surface area contributed by atoms with Crippen molar-refractivity contribution < 1.29 is 4.79 Å². The third kappa shape index (κ3) is 3.40. The highest BCUT2D eigenvalue weighted by molar-refractivity contribution is 7.99. The molecule has 4 rings (SSSR count). The molecule has 0 saturated carbocycles. The molecule has 0 spiro atoms. The van der Waals surface area contributed by atoms with Crippen LogP contribution in [0, 0.1) is 0 Å². The first-order valence-corrected chi connectivity index (χ1v) is 10.6. The minimum absolute atomic E-state index is 0.167. The molecule has 0 bridgehead atoms. The summed E-state index contributed by atoms with van der Waals surface area (Å²) in [7, 11) is 2.00. The zero-order chi connectivity index (χ0) is 19.0. The van der Waals surface area contributed by atoms with E-state index >= 15 is 0 Å². The maximum absolute atomic E-state index is 12.5. The Balaban J connectivity index is 1.57. The predicted octanol–water partition coefficient (Wildman–Crippen LogP) is 3.57. The number of rotatable bonds is 4. The lowest BCUT2D eigenvalue weighted by Crippen LogP contribution is -2.42. The number of nitrogens with zero attached hydrogens (tertiary/aromatic N) is 5. The number of carbonyl (C=O) groups excluding carboxylic acids is 1. The van der Waals surface area contributed by atoms with Crippen LogP contribution in [0.4, 0.5) is 0 Å². The first-order chi connectivity index (χ1) is 13.1. The topological polar surface area (TPSA) is 63.9 Å². The number of benzene rings is 1. The summed E-state index contributed by atoms with van der Waals surface area (Å²) in [4.78, 5) is 19.2. The van der Waals surface area contributed by atoms with Gasteiger partial charge in [-0.15, -0.1) is 10.2 Å². The average Bonchev–Trinajstić information content (AvgIpc) is 2.98. The number of likely N-dealkylation sites (tertiary alicyclic amines) is 1. The van der Waals surface area contributed by atoms with E-state index in [9.17, 15) is 4.79 Å². The van der Waals surface area contributed by atoms with E-state index in [2.05, 4.69) is 51.8 Å². The summed E-state index contributed by atoms with van der Waals surface area (Å²) in [6, 6.07) is 6.76. The fraction of sp³-hybridized carbons (Fsp3) is 0.500. The highest BCUT2D eigenvalue weighted by Crippen LogP contribution is 2.27. The monoisotopic (exact) mass is 383 g/mol. The Hall–Kier alpha value is -2.15. The summed E-state index contributed by atoms with van der Waals surface area (Å²) in [5.74, 6) is 0.530. The Bertz CT molecular complexity index is 999. The highest BCUT2D eigenvalue weighted by atomic mass is 32.2. The van der Waals surface area contributed by atoms with Gasteiger partial charge in [-0.05, 0) is 50.3 Å². The largest absolute Gasteiger partial charge is 0.339 e. The van der Waals surface area contributed by atoms with Gasteiger partial charge in [-0.25, -0.2) is 4.98 Å². The van der Waals surface area contributed by atoms with Crippen molar-refractivity contribution in [1.82, 2.24) is 24.6 Å². The van der Waals surface area contributed by atoms with Crippen LogP contribution in [-0.4, -0.2) is 48.9 Å². The fourth-order valence-corrected chi connectivity index (χ4v) is 4.52. The van der Waals surface area contributed by atoms with Gasteiger partial charge >= 0.3 is 0 Å². The van der Waals surface area contributed by atoms with Gasteiger partial charge in [0.25, 0.3) is 0 Å². The molecule has 1 aliphatic heterocycles. The van der Waals surface area contributed by atoms with E-state index in [1.54, 1.807) is 0 Å². The van der Waals surface area contributed by atoms with Crippen molar-refractivity contribution in [2.24, 2.45) is 7.05 Å². The van der Waals surface area contributed by atoms with Gasteiger partial charge in [0.1, 0.15) is 5.52 Å². The van der Waals surface area contributed by atoms with Gasteiger partial charge in [0, 0.05) is 25.0 Å². The van der Waals surface area contributed by atoms with E-state index in [0.29, 0.717) is 17.0 Å². The minimum atomic E-state index is 0.167. The van der Waals surface area contributed by atoms with Crippen LogP contribution < -0.4 is 0 Å². The van der Waals surface area contributed by atoms with Crippen LogP contribution in [0.3, 0.4) is 0 Å². The summed E-state index contributed by atoms with van der Waals surface area (Å²) < 4.78 is 2.05. The molecule has 142 valence electrons. The Morgan fingerprint density at radius 3 is 2.93 bits per heavy atom. The average molecular weight is 384 g/mol. The van der Waals surface area contributed by atoms with Crippen molar-refractivity contribution in [2.45, 2.75) is 50.7 Å². The van der Waals surface area contributed by atoms with Gasteiger partial charge in [-0.1, -0.05) is 24.8 Å². The summed E-state index contributed by atoms with van der Waals surface area (Å²) >= 11 is 1.38. The molecule has 27 heavy (non-hydrogen) atoms. The molecule has 0 unspecified atom stereocenters. The first kappa shape index (κ1) is 18.2. The number of carbonyl (C=O) groups is 1. The quantitative estimate of drug-likeness (QED) is 0.645. The van der Waals surface area contributed by atoms with Crippen LogP contribution in [-0.2, 0) is 18.3 Å². The number of hydrogen-bond donors (Lipinski definition) is 0. The number of aromatic nitrogens is 4. The van der Waals surface area contributed by atoms with E-state index < -0.39 is 0 Å². The van der Waals surface area contributed by atoms with Crippen molar-refractivity contribution in [3.63, 3.8) is 0 Å². The summed E-state index contributed by atoms with van der Waals surface area (Å²) in [6.45, 7) is 5.14. The third-order valence-corrected chi connectivity index (χ3v) is 6.32. The molecule has 1 amide bonds. The molecular formula is C20H25N5OS. The molecule has 1 fully saturated rings. The fourth-order valence-electron chi connectivity index (χ4n) is 3.85. The number of amides is 1. The van der Waals surface area contributed by atoms with Crippen molar-refractivity contribution in [2.75, 3.05) is 12.3 Å². The summed E-state index contributed by atoms with van der Waals surface area (Å²) in [6.07, 6.45) is 4.39. The second-order valence-corrected chi connectivity index (χ2v) is 8.19. The molecule has 3 aromatic rings. The Kier molecular flexibility index (Phi) is 5.04. The van der Waals surface area contributed by atoms with Gasteiger partial charge in [0.2, 0.25) is 11.1 Å². The van der Waals surface area contributed by atoms with Crippen molar-refractivity contribution in [3.8, 4) is 0 Å². The van der Waals surface area contributed by atoms with Gasteiger partial charge in [-0.3, -0.25) is 4.79 Å². The molecule has 2 aromatic heterocycles. The Labute approximate surface area is 163 Å². The number of fused-ring (bicyclic) bond motifs is 3. The lowest BCUT2D eigenvalue weighted by Gasteiger charge is -2.33. The van der Waals surface area contributed by atoms with E-state index in [0.717, 1.165) is 47.9 Å². The molecule has 6 nitrogen and oxygen atoms in total. The summed E-state index contributed by atoms with van der Waals surface area (Å²) in [5.41, 5.74) is 4.01. The second-order valence-electron chi connectivity index (χ2n) is 7.25. The SMILES string of the molecule is CCc1ccc2c(c1)c1nnc(SCC(=O)N3CCCC[C@@H]3C)nc1n2C. The van der Waals surface area contributed by atoms with Gasteiger partial charge in [0.15, 0.2) is 5.65 Å². The van der Waals surface area contributed by atoms with E-state index in [4.69, 9.17) is 0 Å². The third-order valence-electron chi connectivity index (χ3n) is 5.50. The van der Waals surface area contributed by atoms with Crippen LogP contribution in [0.15, 0.2) is 23.4 Å². The predicted molar refractivity (Wildman–Crippen MR) is 109 cm³/mol. The molecule has 1 saturated heterocycles. The molecule has 0 N–H and O–H groups in total. The number of thioether (sulfide) groups is 1. The molecular weight excluding hydrogens is 358 g/mol. The molecule has 0 aliphatic carbocycles. The molecule has 7 heteroatoms. The van der Waals surface area contributed by atoms with E-state index in [1.807, 2.05) is 11.9 Å². The molecule has 1 aromatic carbocycles. The smallest absolute Gasteiger partial charge is 0.233 e. The van der Waals surface area contributed by atoms with Crippen LogP contribution in [0.5, 0.6) is 0 Å². The lowest BCUT2D eigenvalue weighted by atomic mass is 10.0. The maximum atomic E-state index is 12.5. The summed E-state index contributed by atoms with van der Waals surface area (Å²) in [5, 5.41) is 10.4. The standard InChI is InChI=1S/C20H25N5OS/c1-4-14-8-9-16-15(11-14)18-19(24(16)3)21-20(23-22-18)27-12-17(26)25-10-6-5-7-13(25)2/h8-9,11,13H,4-7,10,12H2,1-3H3/t13-/m0/s1. The minimum Gasteiger partial charge on any atom is -0.339 e. The Morgan fingerprint density at radius 2 is 2.15 bits per heavy atom. The zero-order valence-electron chi connectivity index (χ0n) is 16.1. The van der Waals surface area contributed by atoms with Crippen LogP contribution >= 0.6 is 11.8 Å². The number of piperidine rings is 1. The van der Waals surface area contributed by atoms with E-state index in [-0.39, 0.29) is 5.91 Å². The molecule has 3 heterocycles. The van der Waals surface area contributed by atoms with Gasteiger partial charge < -0.3 is 9.47 Å². The normalized spacial score (nSPS) is 17.7. The second kappa shape index (κ2) is 7.46. The van der Waals surface area contributed by atoms with Crippen LogP contribution in [0.2, 0.25) is 0 Å². The maximum Gasteiger partial charge on any atom is 0.233 e. The van der Waals surface area contributed by atoms with Crippen molar-refractivity contribution in [1.29, 1.82) is 0 Å². The van der Waals surface area contributed by atoms with Crippen molar-refractivity contribution in [3.05, 3.63) is 23.8 Å². The number of hydrogen-bond acceptors (Lipinski definition) is 5. The highest BCUT2D eigenvalue weighted by Gasteiger charge is 2.23. The first-order valence-electron chi connectivity index (χ1n) is 9.62. The van der Waals surface area contributed by atoms with Crippen LogP contribution in [0.25, 0.3) is 22.1 Å². The zero-order valence-corrected chi connectivity index (χ0v) is 16.9. The van der Waals surface area contributed by atoms with Gasteiger partial charge in [-0.2, -0.15) is 0 Å². The lowest BCUT2D eigenvalue weighted by molar-refractivity contribution is -0.131. The molecule has 1 aliphatic rings. The van der Waals surface area contributed by atoms with Crippen LogP contribution in [0.1, 0.15) is 38.7 Å². The Morgan fingerprint density at radius 1 is 1.30 bits per heavy atom. The number of aryl methyl sites for hydroxylation is 2. The van der Waals surface area contributed by atoms with Gasteiger partial charge in [0.05, 0.1) is 11.3 Å². The van der Waals surface area contributed by atoms with Crippen molar-refractivity contribution >= 4 is 39.7 Å². The molecule has 0 radical (unpaired) electrons.